The third kappa shape index (κ3) is 4.01. The molecule has 0 aliphatic heterocycles. The number of furan rings is 1. The normalized spacial score (nSPS) is 10.9. The minimum atomic E-state index is -0.274. The zero-order valence-corrected chi connectivity index (χ0v) is 18.6. The van der Waals surface area contributed by atoms with Crippen molar-refractivity contribution >= 4 is 34.1 Å². The van der Waals surface area contributed by atoms with Crippen LogP contribution in [0.15, 0.2) is 51.4 Å². The summed E-state index contributed by atoms with van der Waals surface area (Å²) in [6, 6.07) is 9.82. The molecular weight excluding hydrogens is 416 g/mol. The van der Waals surface area contributed by atoms with Crippen molar-refractivity contribution in [1.82, 2.24) is 15.0 Å². The number of carbonyl (C=O) groups excluding carboxylic acids is 1. The summed E-state index contributed by atoms with van der Waals surface area (Å²) in [7, 11) is 0. The molecule has 0 saturated heterocycles. The molecule has 0 aliphatic carbocycles. The summed E-state index contributed by atoms with van der Waals surface area (Å²) < 4.78 is 5.39. The van der Waals surface area contributed by atoms with Gasteiger partial charge in [0.05, 0.1) is 23.2 Å². The standard InChI is InChI=1S/C22H20N4O2S2/c1-12-7-8-15(13(2)10-12)16-11-30-22(24-16)26-20(27)18-14(3)23-19(25-21(18)29-4)17-6-5-9-28-17/h5-11H,1-4H3,(H,24,26,27). The Hall–Kier alpha value is -2.97. The highest BCUT2D eigenvalue weighted by atomic mass is 32.2. The molecule has 152 valence electrons. The quantitative estimate of drug-likeness (QED) is 0.316. The second kappa shape index (κ2) is 8.41. The first-order valence-corrected chi connectivity index (χ1v) is 11.4. The summed E-state index contributed by atoms with van der Waals surface area (Å²) in [5, 5.41) is 5.98. The van der Waals surface area contributed by atoms with Gasteiger partial charge in [-0.25, -0.2) is 15.0 Å². The summed E-state index contributed by atoms with van der Waals surface area (Å²) in [6.07, 6.45) is 3.45. The van der Waals surface area contributed by atoms with Crippen LogP contribution in [0.4, 0.5) is 5.13 Å². The largest absolute Gasteiger partial charge is 0.461 e. The van der Waals surface area contributed by atoms with Crippen LogP contribution >= 0.6 is 23.1 Å². The molecule has 6 nitrogen and oxygen atoms in total. The number of rotatable bonds is 5. The molecule has 4 rings (SSSR count). The summed E-state index contributed by atoms with van der Waals surface area (Å²) in [6.45, 7) is 5.92. The first kappa shape index (κ1) is 20.3. The third-order valence-corrected chi connectivity index (χ3v) is 6.04. The number of thiazole rings is 1. The monoisotopic (exact) mass is 436 g/mol. The predicted octanol–water partition coefficient (Wildman–Crippen LogP) is 5.76. The molecule has 4 aromatic rings. The number of nitrogens with one attached hydrogen (secondary N) is 1. The summed E-state index contributed by atoms with van der Waals surface area (Å²) in [5.74, 6) is 0.757. The molecule has 1 amide bonds. The molecule has 3 heterocycles. The van der Waals surface area contributed by atoms with Crippen molar-refractivity contribution in [3.8, 4) is 22.8 Å². The predicted molar refractivity (Wildman–Crippen MR) is 121 cm³/mol. The van der Waals surface area contributed by atoms with Crippen LogP contribution in [-0.2, 0) is 0 Å². The first-order chi connectivity index (χ1) is 14.5. The van der Waals surface area contributed by atoms with E-state index in [0.717, 1.165) is 16.8 Å². The molecule has 0 unspecified atom stereocenters. The van der Waals surface area contributed by atoms with Crippen molar-refractivity contribution in [2.24, 2.45) is 0 Å². The molecule has 0 atom stereocenters. The van der Waals surface area contributed by atoms with E-state index in [1.54, 1.807) is 25.3 Å². The molecule has 0 spiro atoms. The van der Waals surface area contributed by atoms with E-state index in [4.69, 9.17) is 4.42 Å². The molecule has 30 heavy (non-hydrogen) atoms. The van der Waals surface area contributed by atoms with Crippen molar-refractivity contribution in [1.29, 1.82) is 0 Å². The number of anilines is 1. The van der Waals surface area contributed by atoms with Gasteiger partial charge in [0.15, 0.2) is 16.7 Å². The Morgan fingerprint density at radius 2 is 1.97 bits per heavy atom. The Morgan fingerprint density at radius 1 is 1.13 bits per heavy atom. The van der Waals surface area contributed by atoms with Gasteiger partial charge in [0, 0.05) is 10.9 Å². The number of hydrogen-bond acceptors (Lipinski definition) is 7. The van der Waals surface area contributed by atoms with E-state index >= 15 is 0 Å². The van der Waals surface area contributed by atoms with Crippen LogP contribution < -0.4 is 5.32 Å². The van der Waals surface area contributed by atoms with Crippen LogP contribution in [0, 0.1) is 20.8 Å². The maximum atomic E-state index is 13.0. The number of aromatic nitrogens is 3. The molecule has 1 aromatic carbocycles. The minimum Gasteiger partial charge on any atom is -0.461 e. The zero-order chi connectivity index (χ0) is 21.3. The van der Waals surface area contributed by atoms with E-state index in [9.17, 15) is 4.79 Å². The van der Waals surface area contributed by atoms with Crippen LogP contribution in [0.1, 0.15) is 27.2 Å². The summed E-state index contributed by atoms with van der Waals surface area (Å²) >= 11 is 2.79. The third-order valence-electron chi connectivity index (χ3n) is 4.60. The van der Waals surface area contributed by atoms with Crippen LogP contribution in [0.3, 0.4) is 0 Å². The van der Waals surface area contributed by atoms with Crippen LogP contribution in [0.5, 0.6) is 0 Å². The number of benzene rings is 1. The van der Waals surface area contributed by atoms with Gasteiger partial charge < -0.3 is 4.42 Å². The first-order valence-electron chi connectivity index (χ1n) is 9.27. The zero-order valence-electron chi connectivity index (χ0n) is 17.0. The molecule has 8 heteroatoms. The van der Waals surface area contributed by atoms with Gasteiger partial charge in [-0.2, -0.15) is 0 Å². The topological polar surface area (TPSA) is 80.9 Å². The van der Waals surface area contributed by atoms with E-state index in [2.05, 4.69) is 52.3 Å². The molecule has 3 aromatic heterocycles. The lowest BCUT2D eigenvalue weighted by Crippen LogP contribution is -2.16. The lowest BCUT2D eigenvalue weighted by atomic mass is 10.0. The summed E-state index contributed by atoms with van der Waals surface area (Å²) in [5.41, 5.74) is 5.30. The number of amides is 1. The average Bonchev–Trinajstić information content (AvgIpc) is 3.39. The fourth-order valence-electron chi connectivity index (χ4n) is 3.19. The number of hydrogen-bond donors (Lipinski definition) is 1. The fraction of sp³-hybridized carbons (Fsp3) is 0.182. The molecule has 0 fully saturated rings. The SMILES string of the molecule is CSc1nc(-c2ccco2)nc(C)c1C(=O)Nc1nc(-c2ccc(C)cc2C)cs1. The number of carbonyl (C=O) groups is 1. The Labute approximate surface area is 182 Å². The van der Waals surface area contributed by atoms with E-state index in [-0.39, 0.29) is 5.91 Å². The van der Waals surface area contributed by atoms with E-state index in [1.807, 2.05) is 11.6 Å². The Kier molecular flexibility index (Phi) is 5.69. The average molecular weight is 437 g/mol. The van der Waals surface area contributed by atoms with E-state index in [0.29, 0.717) is 33.0 Å². The molecule has 1 N–H and O–H groups in total. The van der Waals surface area contributed by atoms with E-state index in [1.165, 1.54) is 28.7 Å². The molecule has 0 aliphatic rings. The smallest absolute Gasteiger partial charge is 0.262 e. The summed E-state index contributed by atoms with van der Waals surface area (Å²) in [4.78, 5) is 26.6. The Balaban J connectivity index is 1.61. The Bertz CT molecular complexity index is 1220. The molecule has 0 radical (unpaired) electrons. The minimum absolute atomic E-state index is 0.274. The van der Waals surface area contributed by atoms with Crippen LogP contribution in [0.2, 0.25) is 0 Å². The number of aryl methyl sites for hydroxylation is 3. The van der Waals surface area contributed by atoms with Gasteiger partial charge >= 0.3 is 0 Å². The van der Waals surface area contributed by atoms with Gasteiger partial charge in [-0.1, -0.05) is 23.8 Å². The van der Waals surface area contributed by atoms with Crippen molar-refractivity contribution < 1.29 is 9.21 Å². The maximum Gasteiger partial charge on any atom is 0.262 e. The molecule has 0 saturated carbocycles. The van der Waals surface area contributed by atoms with Crippen molar-refractivity contribution in [2.75, 3.05) is 11.6 Å². The van der Waals surface area contributed by atoms with Gasteiger partial charge in [0.25, 0.3) is 5.91 Å². The molecule has 0 bridgehead atoms. The van der Waals surface area contributed by atoms with Crippen molar-refractivity contribution in [2.45, 2.75) is 25.8 Å². The fourth-order valence-corrected chi connectivity index (χ4v) is 4.52. The maximum absolute atomic E-state index is 13.0. The highest BCUT2D eigenvalue weighted by Gasteiger charge is 2.21. The van der Waals surface area contributed by atoms with Crippen LogP contribution in [0.25, 0.3) is 22.8 Å². The van der Waals surface area contributed by atoms with Gasteiger partial charge in [-0.3, -0.25) is 10.1 Å². The van der Waals surface area contributed by atoms with Gasteiger partial charge in [-0.05, 0) is 44.7 Å². The van der Waals surface area contributed by atoms with Gasteiger partial charge in [-0.15, -0.1) is 23.1 Å². The van der Waals surface area contributed by atoms with Crippen molar-refractivity contribution in [3.05, 3.63) is 64.4 Å². The Morgan fingerprint density at radius 3 is 2.67 bits per heavy atom. The lowest BCUT2D eigenvalue weighted by Gasteiger charge is -2.10. The number of thioether (sulfide) groups is 1. The molecular formula is C22H20N4O2S2. The van der Waals surface area contributed by atoms with Crippen molar-refractivity contribution in [3.63, 3.8) is 0 Å². The van der Waals surface area contributed by atoms with E-state index < -0.39 is 0 Å². The second-order valence-corrected chi connectivity index (χ2v) is 8.46. The second-order valence-electron chi connectivity index (χ2n) is 6.80. The van der Waals surface area contributed by atoms with Crippen LogP contribution in [-0.4, -0.2) is 27.1 Å². The van der Waals surface area contributed by atoms with Gasteiger partial charge in [0.1, 0.15) is 5.03 Å². The number of nitrogens with zero attached hydrogens (tertiary/aromatic N) is 3. The highest BCUT2D eigenvalue weighted by Crippen LogP contribution is 2.30. The lowest BCUT2D eigenvalue weighted by molar-refractivity contribution is 0.102. The highest BCUT2D eigenvalue weighted by molar-refractivity contribution is 7.98. The van der Waals surface area contributed by atoms with Gasteiger partial charge in [0.2, 0.25) is 0 Å².